The molecule has 0 saturated carbocycles. The first-order valence-electron chi connectivity index (χ1n) is 6.22. The molecule has 4 nitrogen and oxygen atoms in total. The molecule has 0 saturated heterocycles. The third-order valence-corrected chi connectivity index (χ3v) is 3.46. The fraction of sp³-hybridized carbons (Fsp3) is 0. The van der Waals surface area contributed by atoms with Gasteiger partial charge in [0.2, 0.25) is 0 Å². The quantitative estimate of drug-likeness (QED) is 0.867. The number of aliphatic hydroxyl groups is 1. The van der Waals surface area contributed by atoms with Gasteiger partial charge in [-0.3, -0.25) is 9.59 Å². The predicted octanol–water partition coefficient (Wildman–Crippen LogP) is 3.18. The monoisotopic (exact) mass is 299 g/mol. The number of halogens is 1. The van der Waals surface area contributed by atoms with Crippen LogP contribution in [0.3, 0.4) is 0 Å². The van der Waals surface area contributed by atoms with E-state index >= 15 is 0 Å². The highest BCUT2D eigenvalue weighted by Gasteiger charge is 2.40. The van der Waals surface area contributed by atoms with Crippen molar-refractivity contribution in [2.75, 3.05) is 4.90 Å². The SMILES string of the molecule is O=C1C(O)=C(c2ccccc2)C(=O)N1c1ccc(Cl)cc1. The minimum Gasteiger partial charge on any atom is -0.502 e. The Hall–Kier alpha value is -2.59. The first-order chi connectivity index (χ1) is 10.1. The number of carbonyl (C=O) groups excluding carboxylic acids is 2. The second-order valence-corrected chi connectivity index (χ2v) is 4.95. The van der Waals surface area contributed by atoms with Gasteiger partial charge < -0.3 is 5.11 Å². The second-order valence-electron chi connectivity index (χ2n) is 4.51. The van der Waals surface area contributed by atoms with Gasteiger partial charge in [-0.25, -0.2) is 4.90 Å². The molecule has 1 heterocycles. The number of hydrogen-bond acceptors (Lipinski definition) is 3. The highest BCUT2D eigenvalue weighted by atomic mass is 35.5. The van der Waals surface area contributed by atoms with E-state index in [1.54, 1.807) is 54.6 Å². The maximum absolute atomic E-state index is 12.5. The lowest BCUT2D eigenvalue weighted by Crippen LogP contribution is -2.31. The Bertz CT molecular complexity index is 751. The van der Waals surface area contributed by atoms with E-state index in [1.165, 1.54) is 0 Å². The number of nitrogens with zero attached hydrogens (tertiary/aromatic N) is 1. The number of amides is 2. The summed E-state index contributed by atoms with van der Waals surface area (Å²) in [5.74, 6) is -1.83. The molecular weight excluding hydrogens is 290 g/mol. The summed E-state index contributed by atoms with van der Waals surface area (Å²) in [6, 6.07) is 14.9. The van der Waals surface area contributed by atoms with E-state index in [4.69, 9.17) is 11.6 Å². The third kappa shape index (κ3) is 2.19. The van der Waals surface area contributed by atoms with Crippen LogP contribution in [-0.2, 0) is 9.59 Å². The highest BCUT2D eigenvalue weighted by Crippen LogP contribution is 2.32. The van der Waals surface area contributed by atoms with Gasteiger partial charge in [-0.05, 0) is 29.8 Å². The molecule has 0 fully saturated rings. The van der Waals surface area contributed by atoms with Crippen LogP contribution in [0.15, 0.2) is 60.4 Å². The lowest BCUT2D eigenvalue weighted by molar-refractivity contribution is -0.121. The molecular formula is C16H10ClNO3. The number of anilines is 1. The summed E-state index contributed by atoms with van der Waals surface area (Å²) >= 11 is 5.80. The van der Waals surface area contributed by atoms with Gasteiger partial charge in [0.15, 0.2) is 5.76 Å². The van der Waals surface area contributed by atoms with Crippen LogP contribution in [0, 0.1) is 0 Å². The fourth-order valence-electron chi connectivity index (χ4n) is 2.21. The standard InChI is InChI=1S/C16H10ClNO3/c17-11-6-8-12(9-7-11)18-15(20)13(14(19)16(18)21)10-4-2-1-3-5-10/h1-9,19H. The molecule has 0 unspecified atom stereocenters. The largest absolute Gasteiger partial charge is 0.502 e. The second kappa shape index (κ2) is 5.07. The average molecular weight is 300 g/mol. The summed E-state index contributed by atoms with van der Waals surface area (Å²) in [5.41, 5.74) is 0.882. The number of rotatable bonds is 2. The maximum atomic E-state index is 12.5. The van der Waals surface area contributed by atoms with Crippen LogP contribution < -0.4 is 4.90 Å². The third-order valence-electron chi connectivity index (χ3n) is 3.21. The molecule has 1 N–H and O–H groups in total. The number of carbonyl (C=O) groups is 2. The molecule has 21 heavy (non-hydrogen) atoms. The first kappa shape index (κ1) is 13.4. The van der Waals surface area contributed by atoms with Crippen LogP contribution in [0.5, 0.6) is 0 Å². The molecule has 2 aromatic carbocycles. The molecule has 5 heteroatoms. The van der Waals surface area contributed by atoms with Gasteiger partial charge in [-0.15, -0.1) is 0 Å². The molecule has 1 aliphatic heterocycles. The van der Waals surface area contributed by atoms with Crippen molar-refractivity contribution in [1.82, 2.24) is 0 Å². The van der Waals surface area contributed by atoms with Gasteiger partial charge in [0.25, 0.3) is 5.91 Å². The van der Waals surface area contributed by atoms with Crippen molar-refractivity contribution >= 4 is 34.7 Å². The van der Waals surface area contributed by atoms with Crippen molar-refractivity contribution in [3.8, 4) is 0 Å². The van der Waals surface area contributed by atoms with E-state index in [-0.39, 0.29) is 5.57 Å². The van der Waals surface area contributed by atoms with Crippen molar-refractivity contribution < 1.29 is 14.7 Å². The number of aliphatic hydroxyl groups excluding tert-OH is 1. The molecule has 0 spiro atoms. The minimum absolute atomic E-state index is 0.00977. The van der Waals surface area contributed by atoms with Gasteiger partial charge in [0, 0.05) is 5.02 Å². The topological polar surface area (TPSA) is 57.6 Å². The molecule has 0 bridgehead atoms. The van der Waals surface area contributed by atoms with Gasteiger partial charge in [-0.1, -0.05) is 41.9 Å². The number of hydrogen-bond donors (Lipinski definition) is 1. The van der Waals surface area contributed by atoms with Gasteiger partial charge in [0.1, 0.15) is 0 Å². The molecule has 0 radical (unpaired) electrons. The highest BCUT2D eigenvalue weighted by molar-refractivity contribution is 6.45. The first-order valence-corrected chi connectivity index (χ1v) is 6.60. The van der Waals surface area contributed by atoms with Crippen molar-refractivity contribution in [3.05, 3.63) is 70.9 Å². The Morgan fingerprint density at radius 3 is 2.10 bits per heavy atom. The Morgan fingerprint density at radius 2 is 1.48 bits per heavy atom. The summed E-state index contributed by atoms with van der Waals surface area (Å²) < 4.78 is 0. The molecule has 1 aliphatic rings. The Kier molecular flexibility index (Phi) is 3.23. The number of imide groups is 1. The van der Waals surface area contributed by atoms with Crippen LogP contribution >= 0.6 is 11.6 Å². The minimum atomic E-state index is -0.735. The summed E-state index contributed by atoms with van der Waals surface area (Å²) in [6.07, 6.45) is 0. The molecule has 2 amide bonds. The number of benzene rings is 2. The zero-order valence-electron chi connectivity index (χ0n) is 10.8. The molecule has 0 aliphatic carbocycles. The average Bonchev–Trinajstić information content (AvgIpc) is 2.72. The van der Waals surface area contributed by atoms with Gasteiger partial charge in [0.05, 0.1) is 11.3 Å². The predicted molar refractivity (Wildman–Crippen MR) is 79.9 cm³/mol. The van der Waals surface area contributed by atoms with Crippen LogP contribution in [0.4, 0.5) is 5.69 Å². The molecule has 104 valence electrons. The zero-order chi connectivity index (χ0) is 15.0. The molecule has 0 aromatic heterocycles. The Balaban J connectivity index is 2.04. The van der Waals surface area contributed by atoms with Crippen LogP contribution in [0.2, 0.25) is 5.02 Å². The lowest BCUT2D eigenvalue weighted by atomic mass is 10.1. The van der Waals surface area contributed by atoms with Crippen molar-refractivity contribution in [2.45, 2.75) is 0 Å². The summed E-state index contributed by atoms with van der Waals surface area (Å²) in [6.45, 7) is 0. The zero-order valence-corrected chi connectivity index (χ0v) is 11.5. The van der Waals surface area contributed by atoms with E-state index in [2.05, 4.69) is 0 Å². The molecule has 3 rings (SSSR count). The van der Waals surface area contributed by atoms with E-state index in [0.29, 0.717) is 16.3 Å². The van der Waals surface area contributed by atoms with Crippen LogP contribution in [0.25, 0.3) is 5.57 Å². The summed E-state index contributed by atoms with van der Waals surface area (Å²) in [5, 5.41) is 10.5. The van der Waals surface area contributed by atoms with Crippen molar-refractivity contribution in [3.63, 3.8) is 0 Å². The summed E-state index contributed by atoms with van der Waals surface area (Å²) in [7, 11) is 0. The van der Waals surface area contributed by atoms with Gasteiger partial charge in [-0.2, -0.15) is 0 Å². The van der Waals surface area contributed by atoms with Gasteiger partial charge >= 0.3 is 5.91 Å². The smallest absolute Gasteiger partial charge is 0.301 e. The van der Waals surface area contributed by atoms with E-state index in [9.17, 15) is 14.7 Å². The fourth-order valence-corrected chi connectivity index (χ4v) is 2.33. The van der Waals surface area contributed by atoms with Crippen molar-refractivity contribution in [1.29, 1.82) is 0 Å². The van der Waals surface area contributed by atoms with Crippen LogP contribution in [-0.4, -0.2) is 16.9 Å². The van der Waals surface area contributed by atoms with Crippen molar-refractivity contribution in [2.24, 2.45) is 0 Å². The Morgan fingerprint density at radius 1 is 0.857 bits per heavy atom. The normalized spacial score (nSPS) is 15.0. The van der Waals surface area contributed by atoms with E-state index < -0.39 is 17.6 Å². The molecule has 2 aromatic rings. The van der Waals surface area contributed by atoms with E-state index in [0.717, 1.165) is 4.90 Å². The molecule has 0 atom stereocenters. The maximum Gasteiger partial charge on any atom is 0.301 e. The summed E-state index contributed by atoms with van der Waals surface area (Å²) in [4.78, 5) is 25.6. The van der Waals surface area contributed by atoms with Crippen LogP contribution in [0.1, 0.15) is 5.56 Å². The lowest BCUT2D eigenvalue weighted by Gasteiger charge is -2.14. The van der Waals surface area contributed by atoms with E-state index in [1.807, 2.05) is 0 Å². The Labute approximate surface area is 125 Å².